The number of allylic oxidation sites excluding steroid dienone is 2. The Kier molecular flexibility index (Phi) is 18.7. The first kappa shape index (κ1) is 48.4. The number of benzene rings is 5. The van der Waals surface area contributed by atoms with Crippen LogP contribution < -0.4 is 20.7 Å². The molecule has 6 rings (SSSR count). The van der Waals surface area contributed by atoms with Gasteiger partial charge in [0.1, 0.15) is 31.6 Å². The van der Waals surface area contributed by atoms with Crippen LogP contribution in [0.3, 0.4) is 0 Å². The van der Waals surface area contributed by atoms with Gasteiger partial charge in [-0.25, -0.2) is 9.59 Å². The molecule has 5 aromatic carbocycles. The molecule has 344 valence electrons. The molecule has 0 saturated heterocycles. The minimum atomic E-state index is -1.07. The lowest BCUT2D eigenvalue weighted by Crippen LogP contribution is -2.48. The molecule has 66 heavy (non-hydrogen) atoms. The minimum Gasteiger partial charge on any atom is -0.489 e. The van der Waals surface area contributed by atoms with Gasteiger partial charge in [0.15, 0.2) is 0 Å². The Labute approximate surface area is 387 Å². The lowest BCUT2D eigenvalue weighted by molar-refractivity contribution is -0.148. The number of hydrogen-bond donors (Lipinski definition) is 4. The molecule has 0 saturated carbocycles. The molecule has 12 nitrogen and oxygen atoms in total. The number of aliphatic hydroxyl groups is 1. The quantitative estimate of drug-likeness (QED) is 0.0319. The Bertz CT molecular complexity index is 2310. The lowest BCUT2D eigenvalue weighted by atomic mass is 9.98. The van der Waals surface area contributed by atoms with E-state index < -0.39 is 47.9 Å². The molecule has 4 atom stereocenters. The van der Waals surface area contributed by atoms with Gasteiger partial charge in [0.2, 0.25) is 11.8 Å². The number of rotatable bonds is 26. The predicted molar refractivity (Wildman–Crippen MR) is 253 cm³/mol. The highest BCUT2D eigenvalue weighted by Gasteiger charge is 2.31. The van der Waals surface area contributed by atoms with Crippen molar-refractivity contribution in [3.8, 4) is 16.9 Å². The number of hydrogen-bond acceptors (Lipinski definition) is 9. The summed E-state index contributed by atoms with van der Waals surface area (Å²) in [4.78, 5) is 54.1. The summed E-state index contributed by atoms with van der Waals surface area (Å²) in [5.41, 5.74) is 7.15. The largest absolute Gasteiger partial charge is 0.489 e. The van der Waals surface area contributed by atoms with Crippen LogP contribution in [-0.2, 0) is 48.2 Å². The normalized spacial score (nSPS) is 13.4. The molecule has 0 fully saturated rings. The van der Waals surface area contributed by atoms with Crippen molar-refractivity contribution >= 4 is 23.9 Å². The number of alkyl carbamates (subject to hydrolysis) is 1. The van der Waals surface area contributed by atoms with E-state index in [2.05, 4.69) is 41.2 Å². The van der Waals surface area contributed by atoms with Gasteiger partial charge in [0.05, 0.1) is 37.8 Å². The first-order chi connectivity index (χ1) is 32.2. The van der Waals surface area contributed by atoms with Gasteiger partial charge in [-0.3, -0.25) is 9.59 Å². The number of carbonyl (C=O) groups is 4. The third-order valence-corrected chi connectivity index (χ3v) is 11.3. The van der Waals surface area contributed by atoms with Crippen molar-refractivity contribution in [2.45, 2.75) is 69.4 Å². The number of esters is 1. The standard InChI is InChI=1S/C54H59N3O9/c1-3-5-25-50(57-54(62)66-37-49-47-23-14-12-21-45(47)46-22-13-15-24-48(46)49)53(61)65-36-43(35-63-33-39-17-8-6-9-18-39)56-52(60)41(16-4-2)31-51(59)55-42(32-58)30-38-26-28-44(29-27-38)64-34-40-19-10-7-11-20-40/h3-4,6-15,17-24,26-29,41-43,49-50,58H,1-2,5,16,25,30-37H2,(H,55,59)(H,56,60)(H,57,62)/t41-,42-,43-,50-/m0/s1. The molecule has 4 N–H and O–H groups in total. The number of amides is 3. The maximum atomic E-state index is 13.9. The predicted octanol–water partition coefficient (Wildman–Crippen LogP) is 7.99. The molecule has 0 heterocycles. The second-order valence-corrected chi connectivity index (χ2v) is 16.2. The zero-order valence-corrected chi connectivity index (χ0v) is 37.1. The highest BCUT2D eigenvalue weighted by Crippen LogP contribution is 2.44. The van der Waals surface area contributed by atoms with Gasteiger partial charge < -0.3 is 40.0 Å². The molecule has 12 heteroatoms. The smallest absolute Gasteiger partial charge is 0.407 e. The minimum absolute atomic E-state index is 0.0271. The summed E-state index contributed by atoms with van der Waals surface area (Å²) in [6.07, 6.45) is 3.38. The summed E-state index contributed by atoms with van der Waals surface area (Å²) >= 11 is 0. The molecule has 5 aromatic rings. The highest BCUT2D eigenvalue weighted by atomic mass is 16.6. The average Bonchev–Trinajstić information content (AvgIpc) is 3.67. The molecule has 1 aliphatic rings. The maximum Gasteiger partial charge on any atom is 0.407 e. The van der Waals surface area contributed by atoms with Crippen LogP contribution in [0.5, 0.6) is 5.75 Å². The van der Waals surface area contributed by atoms with Gasteiger partial charge in [-0.15, -0.1) is 13.2 Å². The Balaban J connectivity index is 1.03. The van der Waals surface area contributed by atoms with E-state index in [0.29, 0.717) is 25.2 Å². The molecule has 0 aromatic heterocycles. The van der Waals surface area contributed by atoms with E-state index in [1.54, 1.807) is 12.2 Å². The third kappa shape index (κ3) is 14.5. The van der Waals surface area contributed by atoms with Crippen molar-refractivity contribution in [1.29, 1.82) is 0 Å². The summed E-state index contributed by atoms with van der Waals surface area (Å²) in [5.74, 6) is -1.91. The van der Waals surface area contributed by atoms with Crippen molar-refractivity contribution < 1.29 is 43.2 Å². The van der Waals surface area contributed by atoms with Gasteiger partial charge in [0.25, 0.3) is 0 Å². The van der Waals surface area contributed by atoms with Crippen molar-refractivity contribution in [2.24, 2.45) is 5.92 Å². The van der Waals surface area contributed by atoms with Crippen LogP contribution in [0.15, 0.2) is 159 Å². The Morgan fingerprint density at radius 1 is 0.652 bits per heavy atom. The fraction of sp³-hybridized carbons (Fsp3) is 0.296. The molecule has 0 unspecified atom stereocenters. The van der Waals surface area contributed by atoms with Gasteiger partial charge >= 0.3 is 12.1 Å². The number of fused-ring (bicyclic) bond motifs is 3. The molecule has 3 amide bonds. The molecular formula is C54H59N3O9. The summed E-state index contributed by atoms with van der Waals surface area (Å²) < 4.78 is 23.3. The van der Waals surface area contributed by atoms with Crippen molar-refractivity contribution in [3.63, 3.8) is 0 Å². The summed E-state index contributed by atoms with van der Waals surface area (Å²) in [7, 11) is 0. The second kappa shape index (κ2) is 25.5. The Morgan fingerprint density at radius 3 is 1.89 bits per heavy atom. The summed E-state index contributed by atoms with van der Waals surface area (Å²) in [6.45, 7) is 7.67. The van der Waals surface area contributed by atoms with E-state index >= 15 is 0 Å². The second-order valence-electron chi connectivity index (χ2n) is 16.2. The van der Waals surface area contributed by atoms with Crippen LogP contribution in [0.4, 0.5) is 4.79 Å². The van der Waals surface area contributed by atoms with E-state index in [1.807, 2.05) is 121 Å². The zero-order chi connectivity index (χ0) is 46.5. The maximum absolute atomic E-state index is 13.9. The van der Waals surface area contributed by atoms with Crippen LogP contribution in [0, 0.1) is 5.92 Å². The van der Waals surface area contributed by atoms with Gasteiger partial charge in [-0.1, -0.05) is 133 Å². The fourth-order valence-corrected chi connectivity index (χ4v) is 7.85. The first-order valence-electron chi connectivity index (χ1n) is 22.3. The Morgan fingerprint density at radius 2 is 1.27 bits per heavy atom. The monoisotopic (exact) mass is 893 g/mol. The molecule has 0 spiro atoms. The van der Waals surface area contributed by atoms with E-state index in [9.17, 15) is 24.3 Å². The highest BCUT2D eigenvalue weighted by molar-refractivity contribution is 5.86. The average molecular weight is 894 g/mol. The summed E-state index contributed by atoms with van der Waals surface area (Å²) in [5, 5.41) is 18.6. The van der Waals surface area contributed by atoms with Gasteiger partial charge in [0, 0.05) is 12.3 Å². The zero-order valence-electron chi connectivity index (χ0n) is 37.1. The van der Waals surface area contributed by atoms with Crippen LogP contribution in [0.1, 0.15) is 59.4 Å². The molecular weight excluding hydrogens is 835 g/mol. The van der Waals surface area contributed by atoms with Crippen molar-refractivity contribution in [3.05, 3.63) is 187 Å². The SMILES string of the molecule is C=CCC[C@H](NC(=O)OCC1c2ccccc2-c2ccccc21)C(=O)OC[C@H](COCc1ccccc1)NC(=O)[C@@H](CC=C)CC(=O)N[C@H](CO)Cc1ccc(OCc2ccccc2)cc1. The molecule has 1 aliphatic carbocycles. The van der Waals surface area contributed by atoms with Crippen molar-refractivity contribution in [2.75, 3.05) is 26.4 Å². The van der Waals surface area contributed by atoms with Gasteiger partial charge in [-0.2, -0.15) is 0 Å². The van der Waals surface area contributed by atoms with Crippen LogP contribution in [0.25, 0.3) is 11.1 Å². The van der Waals surface area contributed by atoms with E-state index in [4.69, 9.17) is 18.9 Å². The summed E-state index contributed by atoms with van der Waals surface area (Å²) in [6, 6.07) is 40.3. The van der Waals surface area contributed by atoms with E-state index in [1.165, 1.54) is 0 Å². The van der Waals surface area contributed by atoms with Gasteiger partial charge in [-0.05, 0) is 76.8 Å². The van der Waals surface area contributed by atoms with Crippen LogP contribution in [0.2, 0.25) is 0 Å². The number of carbonyl (C=O) groups excluding carboxylic acids is 4. The molecule has 0 radical (unpaired) electrons. The molecule has 0 aliphatic heterocycles. The Hall–Kier alpha value is -7.02. The fourth-order valence-electron chi connectivity index (χ4n) is 7.85. The molecule has 0 bridgehead atoms. The first-order valence-corrected chi connectivity index (χ1v) is 22.3. The lowest BCUT2D eigenvalue weighted by Gasteiger charge is -2.24. The number of ether oxygens (including phenoxy) is 4. The van der Waals surface area contributed by atoms with E-state index in [-0.39, 0.29) is 58.2 Å². The third-order valence-electron chi connectivity index (χ3n) is 11.3. The number of nitrogens with one attached hydrogen (secondary N) is 3. The number of aliphatic hydroxyl groups excluding tert-OH is 1. The van der Waals surface area contributed by atoms with E-state index in [0.717, 1.165) is 38.9 Å². The van der Waals surface area contributed by atoms with Crippen molar-refractivity contribution in [1.82, 2.24) is 16.0 Å². The topological polar surface area (TPSA) is 162 Å². The van der Waals surface area contributed by atoms with Crippen LogP contribution >= 0.6 is 0 Å². The van der Waals surface area contributed by atoms with Crippen LogP contribution in [-0.4, -0.2) is 73.5 Å².